The second kappa shape index (κ2) is 10.4. The van der Waals surface area contributed by atoms with E-state index in [9.17, 15) is 14.4 Å². The molecule has 0 bridgehead atoms. The first-order chi connectivity index (χ1) is 17.2. The maximum absolute atomic E-state index is 11.9. The van der Waals surface area contributed by atoms with Gasteiger partial charge in [0, 0.05) is 20.8 Å². The van der Waals surface area contributed by atoms with Crippen LogP contribution in [-0.2, 0) is 61.8 Å². The van der Waals surface area contributed by atoms with Gasteiger partial charge < -0.3 is 47.4 Å². The number of esters is 3. The highest BCUT2D eigenvalue weighted by Gasteiger charge is 2.61. The Morgan fingerprint density at radius 2 is 1.19 bits per heavy atom. The molecule has 10 atom stereocenters. The minimum Gasteiger partial charge on any atom is -0.456 e. The topological polar surface area (TPSA) is 144 Å². The van der Waals surface area contributed by atoms with Gasteiger partial charge in [-0.15, -0.1) is 0 Å². The highest BCUT2D eigenvalue weighted by atomic mass is 16.9. The van der Waals surface area contributed by atoms with Crippen molar-refractivity contribution in [2.45, 2.75) is 128 Å². The summed E-state index contributed by atoms with van der Waals surface area (Å²) < 4.78 is 58.5. The van der Waals surface area contributed by atoms with Crippen LogP contribution in [0.2, 0.25) is 0 Å². The first-order valence-electron chi connectivity index (χ1n) is 12.3. The molecule has 0 aromatic rings. The normalized spacial score (nSPS) is 41.8. The van der Waals surface area contributed by atoms with E-state index in [2.05, 4.69) is 0 Å². The predicted octanol–water partition coefficient (Wildman–Crippen LogP) is 0.939. The van der Waals surface area contributed by atoms with Crippen LogP contribution in [0.25, 0.3) is 0 Å². The van der Waals surface area contributed by atoms with Crippen molar-refractivity contribution in [1.29, 1.82) is 0 Å². The summed E-state index contributed by atoms with van der Waals surface area (Å²) in [5.74, 6) is -3.71. The molecule has 0 spiro atoms. The Balaban J connectivity index is 1.53. The number of ether oxygens (including phenoxy) is 10. The Morgan fingerprint density at radius 3 is 1.81 bits per heavy atom. The monoisotopic (exact) mass is 532 g/mol. The summed E-state index contributed by atoms with van der Waals surface area (Å²) in [7, 11) is 0. The third kappa shape index (κ3) is 6.24. The lowest BCUT2D eigenvalue weighted by Gasteiger charge is -2.44. The van der Waals surface area contributed by atoms with Gasteiger partial charge in [0.25, 0.3) is 0 Å². The lowest BCUT2D eigenvalue weighted by atomic mass is 9.98. The zero-order valence-electron chi connectivity index (χ0n) is 22.3. The molecule has 0 radical (unpaired) electrons. The quantitative estimate of drug-likeness (QED) is 0.354. The third-order valence-electron chi connectivity index (χ3n) is 6.31. The molecular weight excluding hydrogens is 496 g/mol. The molecule has 4 aliphatic heterocycles. The van der Waals surface area contributed by atoms with Crippen LogP contribution in [0.5, 0.6) is 0 Å². The van der Waals surface area contributed by atoms with Crippen molar-refractivity contribution in [2.75, 3.05) is 6.61 Å². The van der Waals surface area contributed by atoms with Crippen molar-refractivity contribution in [3.8, 4) is 0 Å². The van der Waals surface area contributed by atoms with E-state index in [-0.39, 0.29) is 6.61 Å². The molecule has 37 heavy (non-hydrogen) atoms. The molecule has 210 valence electrons. The van der Waals surface area contributed by atoms with Crippen molar-refractivity contribution >= 4 is 17.9 Å². The molecule has 0 aromatic heterocycles. The van der Waals surface area contributed by atoms with Gasteiger partial charge in [0.05, 0.1) is 12.7 Å². The number of carbonyl (C=O) groups excluding carboxylic acids is 3. The lowest BCUT2D eigenvalue weighted by molar-refractivity contribution is -0.314. The second-order valence-corrected chi connectivity index (χ2v) is 10.5. The molecule has 4 saturated heterocycles. The summed E-state index contributed by atoms with van der Waals surface area (Å²) in [6, 6.07) is 0. The van der Waals surface area contributed by atoms with Crippen molar-refractivity contribution < 1.29 is 61.8 Å². The Bertz CT molecular complexity index is 888. The van der Waals surface area contributed by atoms with Gasteiger partial charge in [0.1, 0.15) is 24.4 Å². The van der Waals surface area contributed by atoms with Crippen LogP contribution in [0, 0.1) is 0 Å². The smallest absolute Gasteiger partial charge is 0.303 e. The van der Waals surface area contributed by atoms with Gasteiger partial charge in [0.15, 0.2) is 42.5 Å². The molecule has 0 amide bonds. The third-order valence-corrected chi connectivity index (χ3v) is 6.31. The summed E-state index contributed by atoms with van der Waals surface area (Å²) >= 11 is 0. The molecule has 4 rings (SSSR count). The molecule has 0 aliphatic carbocycles. The van der Waals surface area contributed by atoms with Gasteiger partial charge in [-0.1, -0.05) is 0 Å². The average molecular weight is 533 g/mol. The number of fused-ring (bicyclic) bond motifs is 3. The first kappa shape index (κ1) is 28.1. The Labute approximate surface area is 215 Å². The minimum absolute atomic E-state index is 0.0756. The largest absolute Gasteiger partial charge is 0.456 e. The van der Waals surface area contributed by atoms with Crippen LogP contribution < -0.4 is 0 Å². The Kier molecular flexibility index (Phi) is 7.88. The van der Waals surface area contributed by atoms with Gasteiger partial charge in [-0.2, -0.15) is 0 Å². The van der Waals surface area contributed by atoms with Crippen molar-refractivity contribution in [3.63, 3.8) is 0 Å². The molecule has 13 nitrogen and oxygen atoms in total. The van der Waals surface area contributed by atoms with Crippen LogP contribution in [0.15, 0.2) is 0 Å². The molecule has 4 fully saturated rings. The fourth-order valence-electron chi connectivity index (χ4n) is 5.12. The van der Waals surface area contributed by atoms with Gasteiger partial charge in [-0.05, 0) is 34.6 Å². The van der Waals surface area contributed by atoms with Crippen LogP contribution in [0.3, 0.4) is 0 Å². The standard InChI is InChI=1S/C24H36O13/c1-10-15(30-11(2)25)17(31-12(3)26)19(32-13(4)27)21(29-10)28-9-14-16-18(35-23(5,6)34-16)20-22(33-14)37-24(7,8)36-20/h10,14-22H,9H2,1-8H3/t10-,14+,15-,16-,17+,18-,19+,20+,21+,22+/m0/s1. The van der Waals surface area contributed by atoms with Crippen molar-refractivity contribution in [3.05, 3.63) is 0 Å². The molecule has 4 heterocycles. The highest BCUT2D eigenvalue weighted by Crippen LogP contribution is 2.44. The van der Waals surface area contributed by atoms with Crippen LogP contribution >= 0.6 is 0 Å². The molecule has 13 heteroatoms. The maximum atomic E-state index is 11.9. The average Bonchev–Trinajstić information content (AvgIpc) is 3.24. The van der Waals surface area contributed by atoms with Crippen LogP contribution in [0.1, 0.15) is 55.4 Å². The molecular formula is C24H36O13. The van der Waals surface area contributed by atoms with Crippen LogP contribution in [0.4, 0.5) is 0 Å². The van der Waals surface area contributed by atoms with E-state index in [1.165, 1.54) is 20.8 Å². The number of hydrogen-bond acceptors (Lipinski definition) is 13. The van der Waals surface area contributed by atoms with Crippen LogP contribution in [-0.4, -0.2) is 97.5 Å². The minimum atomic E-state index is -1.23. The summed E-state index contributed by atoms with van der Waals surface area (Å²) in [5, 5.41) is 0. The Hall–Kier alpha value is -1.87. The molecule has 0 N–H and O–H groups in total. The van der Waals surface area contributed by atoms with Crippen molar-refractivity contribution in [1.82, 2.24) is 0 Å². The summed E-state index contributed by atoms with van der Waals surface area (Å²) in [6.07, 6.45) is -8.29. The number of rotatable bonds is 6. The van der Waals surface area contributed by atoms with Gasteiger partial charge in [-0.3, -0.25) is 14.4 Å². The molecule has 4 aliphatic rings. The molecule has 0 saturated carbocycles. The van der Waals surface area contributed by atoms with E-state index >= 15 is 0 Å². The predicted molar refractivity (Wildman–Crippen MR) is 119 cm³/mol. The zero-order valence-corrected chi connectivity index (χ0v) is 22.3. The van der Waals surface area contributed by atoms with Crippen molar-refractivity contribution in [2.24, 2.45) is 0 Å². The summed E-state index contributed by atoms with van der Waals surface area (Å²) in [5.41, 5.74) is 0. The first-order valence-corrected chi connectivity index (χ1v) is 12.3. The van der Waals surface area contributed by atoms with Gasteiger partial charge in [0.2, 0.25) is 0 Å². The van der Waals surface area contributed by atoms with E-state index in [4.69, 9.17) is 47.4 Å². The van der Waals surface area contributed by atoms with E-state index in [0.717, 1.165) is 0 Å². The van der Waals surface area contributed by atoms with E-state index in [1.807, 2.05) is 0 Å². The van der Waals surface area contributed by atoms with Gasteiger partial charge in [-0.25, -0.2) is 0 Å². The molecule has 0 aromatic carbocycles. The zero-order chi connectivity index (χ0) is 27.3. The second-order valence-electron chi connectivity index (χ2n) is 10.5. The molecule has 0 unspecified atom stereocenters. The van der Waals surface area contributed by atoms with E-state index < -0.39 is 90.9 Å². The fraction of sp³-hybridized carbons (Fsp3) is 0.875. The number of carbonyl (C=O) groups is 3. The number of hydrogen-bond donors (Lipinski definition) is 0. The maximum Gasteiger partial charge on any atom is 0.303 e. The Morgan fingerprint density at radius 1 is 0.676 bits per heavy atom. The van der Waals surface area contributed by atoms with E-state index in [1.54, 1.807) is 34.6 Å². The SMILES string of the molecule is CC(=O)O[C@@H]1[C@@H](OC(C)=O)[C@H](C)O[C@@H](OC[C@H]2O[C@@H]3OC(C)(C)O[C@@H]3[C@H]3OC(C)(C)O[C@H]32)[C@@H]1OC(C)=O. The lowest BCUT2D eigenvalue weighted by Crippen LogP contribution is -2.62. The van der Waals surface area contributed by atoms with Gasteiger partial charge >= 0.3 is 17.9 Å². The van der Waals surface area contributed by atoms with E-state index in [0.29, 0.717) is 0 Å². The fourth-order valence-corrected chi connectivity index (χ4v) is 5.12. The summed E-state index contributed by atoms with van der Waals surface area (Å²) in [4.78, 5) is 35.5. The highest BCUT2D eigenvalue weighted by molar-refractivity contribution is 5.68. The summed E-state index contributed by atoms with van der Waals surface area (Å²) in [6.45, 7) is 12.3.